The summed E-state index contributed by atoms with van der Waals surface area (Å²) in [5, 5.41) is 5.75. The molecule has 0 bridgehead atoms. The average molecular weight is 272 g/mol. The third kappa shape index (κ3) is 5.49. The van der Waals surface area contributed by atoms with Crippen molar-refractivity contribution < 1.29 is 4.79 Å². The molecule has 5 heteroatoms. The standard InChI is InChI=1S/C13H21N3O.ClH/c1-10-5-6-12(15-13(17)8-14-2)11(7-10)9-16(3)4;/h5-7,14H,8-9H2,1-4H3,(H,15,17);1H. The number of amides is 1. The molecule has 102 valence electrons. The lowest BCUT2D eigenvalue weighted by Gasteiger charge is -2.15. The molecule has 0 aliphatic rings. The second kappa shape index (κ2) is 8.08. The third-order valence-corrected chi connectivity index (χ3v) is 2.36. The molecule has 0 aliphatic heterocycles. The Morgan fingerprint density at radius 2 is 2.00 bits per heavy atom. The van der Waals surface area contributed by atoms with Crippen molar-refractivity contribution in [2.24, 2.45) is 0 Å². The molecule has 2 N–H and O–H groups in total. The maximum Gasteiger partial charge on any atom is 0.238 e. The number of carbonyl (C=O) groups excluding carboxylic acids is 1. The SMILES string of the molecule is CNCC(=O)Nc1ccc(C)cc1CN(C)C.Cl. The van der Waals surface area contributed by atoms with E-state index in [1.165, 1.54) is 5.56 Å². The monoisotopic (exact) mass is 271 g/mol. The summed E-state index contributed by atoms with van der Waals surface area (Å²) >= 11 is 0. The largest absolute Gasteiger partial charge is 0.325 e. The second-order valence-electron chi connectivity index (χ2n) is 4.48. The highest BCUT2D eigenvalue weighted by Crippen LogP contribution is 2.18. The minimum absolute atomic E-state index is 0. The van der Waals surface area contributed by atoms with Crippen LogP contribution in [0.1, 0.15) is 11.1 Å². The Bertz CT molecular complexity index is 394. The van der Waals surface area contributed by atoms with E-state index in [1.807, 2.05) is 26.2 Å². The number of rotatable bonds is 5. The van der Waals surface area contributed by atoms with Crippen molar-refractivity contribution in [2.45, 2.75) is 13.5 Å². The van der Waals surface area contributed by atoms with Crippen LogP contribution < -0.4 is 10.6 Å². The third-order valence-electron chi connectivity index (χ3n) is 2.36. The highest BCUT2D eigenvalue weighted by atomic mass is 35.5. The van der Waals surface area contributed by atoms with Crippen molar-refractivity contribution in [2.75, 3.05) is 33.0 Å². The van der Waals surface area contributed by atoms with E-state index in [0.717, 1.165) is 17.8 Å². The Kier molecular flexibility index (Phi) is 7.59. The number of hydrogen-bond acceptors (Lipinski definition) is 3. The van der Waals surface area contributed by atoms with Crippen molar-refractivity contribution in [1.29, 1.82) is 0 Å². The lowest BCUT2D eigenvalue weighted by atomic mass is 10.1. The predicted molar refractivity (Wildman–Crippen MR) is 78.4 cm³/mol. The highest BCUT2D eigenvalue weighted by Gasteiger charge is 2.07. The van der Waals surface area contributed by atoms with Gasteiger partial charge in [-0.3, -0.25) is 4.79 Å². The molecule has 0 fully saturated rings. The Morgan fingerprint density at radius 1 is 1.33 bits per heavy atom. The van der Waals surface area contributed by atoms with Crippen LogP contribution in [-0.2, 0) is 11.3 Å². The number of hydrogen-bond donors (Lipinski definition) is 2. The Hall–Kier alpha value is -1.10. The fourth-order valence-electron chi connectivity index (χ4n) is 1.67. The topological polar surface area (TPSA) is 44.4 Å². The van der Waals surface area contributed by atoms with Gasteiger partial charge in [-0.15, -0.1) is 12.4 Å². The molecule has 0 saturated carbocycles. The number of likely N-dealkylation sites (N-methyl/N-ethyl adjacent to an activating group) is 1. The van der Waals surface area contributed by atoms with E-state index < -0.39 is 0 Å². The van der Waals surface area contributed by atoms with E-state index >= 15 is 0 Å². The van der Waals surface area contributed by atoms with Crippen LogP contribution in [0.25, 0.3) is 0 Å². The van der Waals surface area contributed by atoms with Gasteiger partial charge in [-0.05, 0) is 39.7 Å². The summed E-state index contributed by atoms with van der Waals surface area (Å²) in [6.45, 7) is 3.20. The number of benzene rings is 1. The van der Waals surface area contributed by atoms with Crippen LogP contribution in [0.3, 0.4) is 0 Å². The summed E-state index contributed by atoms with van der Waals surface area (Å²) in [6.07, 6.45) is 0. The summed E-state index contributed by atoms with van der Waals surface area (Å²) in [6, 6.07) is 6.07. The molecule has 1 amide bonds. The molecule has 0 heterocycles. The first kappa shape index (κ1) is 16.9. The average Bonchev–Trinajstić information content (AvgIpc) is 2.21. The molecule has 0 aliphatic carbocycles. The summed E-state index contributed by atoms with van der Waals surface area (Å²) < 4.78 is 0. The minimum atomic E-state index is -0.0173. The molecule has 0 spiro atoms. The summed E-state index contributed by atoms with van der Waals surface area (Å²) in [4.78, 5) is 13.6. The van der Waals surface area contributed by atoms with Crippen molar-refractivity contribution in [3.63, 3.8) is 0 Å². The maximum absolute atomic E-state index is 11.5. The van der Waals surface area contributed by atoms with E-state index in [-0.39, 0.29) is 18.3 Å². The number of nitrogens with one attached hydrogen (secondary N) is 2. The van der Waals surface area contributed by atoms with E-state index in [0.29, 0.717) is 6.54 Å². The van der Waals surface area contributed by atoms with Gasteiger partial charge in [0.25, 0.3) is 0 Å². The first-order valence-corrected chi connectivity index (χ1v) is 5.71. The van der Waals surface area contributed by atoms with Crippen molar-refractivity contribution in [3.8, 4) is 0 Å². The molecule has 0 atom stereocenters. The lowest BCUT2D eigenvalue weighted by molar-refractivity contribution is -0.115. The lowest BCUT2D eigenvalue weighted by Crippen LogP contribution is -2.26. The van der Waals surface area contributed by atoms with Gasteiger partial charge in [-0.25, -0.2) is 0 Å². The van der Waals surface area contributed by atoms with Gasteiger partial charge >= 0.3 is 0 Å². The minimum Gasteiger partial charge on any atom is -0.325 e. The van der Waals surface area contributed by atoms with Crippen molar-refractivity contribution in [3.05, 3.63) is 29.3 Å². The van der Waals surface area contributed by atoms with Crippen LogP contribution in [0.2, 0.25) is 0 Å². The molecular formula is C13H22ClN3O. The molecule has 1 rings (SSSR count). The Morgan fingerprint density at radius 3 is 2.56 bits per heavy atom. The fourth-order valence-corrected chi connectivity index (χ4v) is 1.67. The van der Waals surface area contributed by atoms with Gasteiger partial charge < -0.3 is 15.5 Å². The summed E-state index contributed by atoms with van der Waals surface area (Å²) in [5.41, 5.74) is 3.23. The van der Waals surface area contributed by atoms with Crippen LogP contribution in [0.15, 0.2) is 18.2 Å². The highest BCUT2D eigenvalue weighted by molar-refractivity contribution is 5.93. The van der Waals surface area contributed by atoms with E-state index in [1.54, 1.807) is 7.05 Å². The van der Waals surface area contributed by atoms with Crippen LogP contribution in [0.4, 0.5) is 5.69 Å². The molecule has 0 aromatic heterocycles. The Balaban J connectivity index is 0.00000289. The zero-order valence-corrected chi connectivity index (χ0v) is 12.2. The molecule has 0 saturated heterocycles. The first-order valence-electron chi connectivity index (χ1n) is 5.71. The molecule has 4 nitrogen and oxygen atoms in total. The number of anilines is 1. The van der Waals surface area contributed by atoms with Crippen LogP contribution in [-0.4, -0.2) is 38.5 Å². The Labute approximate surface area is 115 Å². The van der Waals surface area contributed by atoms with Gasteiger partial charge in [0, 0.05) is 12.2 Å². The van der Waals surface area contributed by atoms with Gasteiger partial charge in [-0.2, -0.15) is 0 Å². The van der Waals surface area contributed by atoms with Gasteiger partial charge in [0.1, 0.15) is 0 Å². The van der Waals surface area contributed by atoms with Gasteiger partial charge in [0.05, 0.1) is 6.54 Å². The molecule has 1 aromatic rings. The zero-order chi connectivity index (χ0) is 12.8. The predicted octanol–water partition coefficient (Wildman–Crippen LogP) is 1.64. The molecule has 0 radical (unpaired) electrons. The van der Waals surface area contributed by atoms with Crippen LogP contribution in [0, 0.1) is 6.92 Å². The summed E-state index contributed by atoms with van der Waals surface area (Å²) in [7, 11) is 5.79. The molecular weight excluding hydrogens is 250 g/mol. The van der Waals surface area contributed by atoms with E-state index in [2.05, 4.69) is 28.5 Å². The second-order valence-corrected chi connectivity index (χ2v) is 4.48. The molecule has 0 unspecified atom stereocenters. The van der Waals surface area contributed by atoms with Gasteiger partial charge in [-0.1, -0.05) is 17.7 Å². The van der Waals surface area contributed by atoms with Crippen molar-refractivity contribution in [1.82, 2.24) is 10.2 Å². The molecule has 18 heavy (non-hydrogen) atoms. The number of carbonyl (C=O) groups is 1. The van der Waals surface area contributed by atoms with Gasteiger partial charge in [0.15, 0.2) is 0 Å². The van der Waals surface area contributed by atoms with Crippen molar-refractivity contribution >= 4 is 24.0 Å². The summed E-state index contributed by atoms with van der Waals surface area (Å²) in [5.74, 6) is -0.0173. The number of halogens is 1. The van der Waals surface area contributed by atoms with E-state index in [4.69, 9.17) is 0 Å². The molecule has 1 aromatic carbocycles. The van der Waals surface area contributed by atoms with Crippen LogP contribution in [0.5, 0.6) is 0 Å². The maximum atomic E-state index is 11.5. The first-order chi connectivity index (χ1) is 8.02. The quantitative estimate of drug-likeness (QED) is 0.856. The van der Waals surface area contributed by atoms with E-state index in [9.17, 15) is 4.79 Å². The number of aryl methyl sites for hydroxylation is 1. The zero-order valence-electron chi connectivity index (χ0n) is 11.4. The fraction of sp³-hybridized carbons (Fsp3) is 0.462. The smallest absolute Gasteiger partial charge is 0.238 e. The normalized spacial score (nSPS) is 10.1. The number of nitrogens with zero attached hydrogens (tertiary/aromatic N) is 1. The van der Waals surface area contributed by atoms with Gasteiger partial charge in [0.2, 0.25) is 5.91 Å². The van der Waals surface area contributed by atoms with Crippen LogP contribution >= 0.6 is 12.4 Å².